The van der Waals surface area contributed by atoms with Gasteiger partial charge in [-0.15, -0.1) is 0 Å². The zero-order valence-electron chi connectivity index (χ0n) is 10.0. The van der Waals surface area contributed by atoms with Crippen molar-refractivity contribution in [1.29, 1.82) is 0 Å². The Morgan fingerprint density at radius 1 is 1.31 bits per heavy atom. The van der Waals surface area contributed by atoms with Gasteiger partial charge in [0.05, 0.1) is 7.11 Å². The molecule has 0 fully saturated rings. The molecule has 92 valence electrons. The number of hydrogen-bond donors (Lipinski definition) is 2. The summed E-state index contributed by atoms with van der Waals surface area (Å²) in [6.45, 7) is 8.81. The first kappa shape index (κ1) is 14.4. The molecule has 0 aliphatic heterocycles. The fourth-order valence-corrected chi connectivity index (χ4v) is 0.743. The predicted octanol–water partition coefficient (Wildman–Crippen LogP) is 0.745. The fraction of sp³-hybridized carbons (Fsp3) is 0.600. The summed E-state index contributed by atoms with van der Waals surface area (Å²) >= 11 is 0. The Morgan fingerprint density at radius 2 is 1.88 bits per heavy atom. The van der Waals surface area contributed by atoms with E-state index in [1.54, 1.807) is 20.8 Å². The van der Waals surface area contributed by atoms with Crippen LogP contribution in [0.5, 0.6) is 0 Å². The number of hydrogen-bond acceptors (Lipinski definition) is 5. The minimum atomic E-state index is -0.620. The molecule has 0 heterocycles. The molecule has 0 saturated heterocycles. The highest BCUT2D eigenvalue weighted by Gasteiger charge is 2.15. The summed E-state index contributed by atoms with van der Waals surface area (Å²) in [7, 11) is 1.26. The molecule has 6 nitrogen and oxygen atoms in total. The lowest BCUT2D eigenvalue weighted by Crippen LogP contribution is -2.42. The third-order valence-electron chi connectivity index (χ3n) is 1.37. The number of nitrogens with one attached hydrogen (secondary N) is 2. The molecule has 0 aromatic carbocycles. The summed E-state index contributed by atoms with van der Waals surface area (Å²) in [5, 5.41) is 0. The van der Waals surface area contributed by atoms with Crippen LogP contribution in [0.3, 0.4) is 0 Å². The van der Waals surface area contributed by atoms with Gasteiger partial charge in [-0.05, 0) is 20.8 Å². The molecule has 0 aromatic rings. The zero-order valence-corrected chi connectivity index (χ0v) is 10.0. The molecule has 0 unspecified atom stereocenters. The molecule has 0 aliphatic rings. The van der Waals surface area contributed by atoms with E-state index < -0.39 is 17.7 Å². The summed E-state index contributed by atoms with van der Waals surface area (Å²) < 4.78 is 9.38. The maximum absolute atomic E-state index is 11.1. The van der Waals surface area contributed by atoms with Crippen LogP contribution in [0.4, 0.5) is 4.79 Å². The van der Waals surface area contributed by atoms with Gasteiger partial charge in [-0.3, -0.25) is 5.43 Å². The van der Waals surface area contributed by atoms with Gasteiger partial charge in [-0.1, -0.05) is 6.58 Å². The summed E-state index contributed by atoms with van der Waals surface area (Å²) in [4.78, 5) is 22.0. The second kappa shape index (κ2) is 6.12. The predicted molar refractivity (Wildman–Crippen MR) is 58.5 cm³/mol. The molecule has 0 radical (unpaired) electrons. The minimum Gasteiger partial charge on any atom is -0.466 e. The van der Waals surface area contributed by atoms with Gasteiger partial charge in [0.15, 0.2) is 0 Å². The van der Waals surface area contributed by atoms with E-state index >= 15 is 0 Å². The Kier molecular flexibility index (Phi) is 5.52. The Bertz CT molecular complexity index is 281. The van der Waals surface area contributed by atoms with E-state index in [0.717, 1.165) is 0 Å². The van der Waals surface area contributed by atoms with E-state index in [4.69, 9.17) is 4.74 Å². The molecule has 2 N–H and O–H groups in total. The van der Waals surface area contributed by atoms with E-state index in [2.05, 4.69) is 22.2 Å². The lowest BCUT2D eigenvalue weighted by molar-refractivity contribution is -0.136. The zero-order chi connectivity index (χ0) is 12.8. The van der Waals surface area contributed by atoms with Gasteiger partial charge < -0.3 is 9.47 Å². The largest absolute Gasteiger partial charge is 0.466 e. The Labute approximate surface area is 95.0 Å². The number of hydrazine groups is 1. The standard InChI is InChI=1S/C10H18N2O4/c1-7(8(13)15-5)6-11-12-9(14)16-10(2,3)4/h11H,1,6H2,2-5H3,(H,12,14). The Balaban J connectivity index is 3.79. The average Bonchev–Trinajstić information content (AvgIpc) is 2.13. The van der Waals surface area contributed by atoms with Crippen molar-refractivity contribution < 1.29 is 19.1 Å². The van der Waals surface area contributed by atoms with Crippen molar-refractivity contribution in [3.63, 3.8) is 0 Å². The summed E-state index contributed by atoms with van der Waals surface area (Å²) in [5.74, 6) is -0.529. The van der Waals surface area contributed by atoms with Crippen LogP contribution < -0.4 is 10.9 Å². The van der Waals surface area contributed by atoms with Crippen LogP contribution in [-0.2, 0) is 14.3 Å². The van der Waals surface area contributed by atoms with Crippen LogP contribution in [0, 0.1) is 0 Å². The first-order valence-electron chi connectivity index (χ1n) is 4.74. The van der Waals surface area contributed by atoms with E-state index in [9.17, 15) is 9.59 Å². The van der Waals surface area contributed by atoms with E-state index in [-0.39, 0.29) is 12.1 Å². The maximum atomic E-state index is 11.1. The number of esters is 1. The van der Waals surface area contributed by atoms with E-state index in [1.807, 2.05) is 0 Å². The van der Waals surface area contributed by atoms with Gasteiger partial charge in [0.2, 0.25) is 0 Å². The second-order valence-electron chi connectivity index (χ2n) is 4.08. The molecule has 0 spiro atoms. The van der Waals surface area contributed by atoms with Gasteiger partial charge >= 0.3 is 12.1 Å². The summed E-state index contributed by atoms with van der Waals surface area (Å²) in [5.41, 5.74) is 4.41. The Morgan fingerprint density at radius 3 is 2.31 bits per heavy atom. The monoisotopic (exact) mass is 230 g/mol. The molecular weight excluding hydrogens is 212 g/mol. The highest BCUT2D eigenvalue weighted by molar-refractivity contribution is 5.88. The fourth-order valence-electron chi connectivity index (χ4n) is 0.743. The molecule has 0 bridgehead atoms. The van der Waals surface area contributed by atoms with E-state index in [0.29, 0.717) is 0 Å². The third-order valence-corrected chi connectivity index (χ3v) is 1.37. The normalized spacial score (nSPS) is 10.5. The van der Waals surface area contributed by atoms with Crippen molar-refractivity contribution >= 4 is 12.1 Å². The van der Waals surface area contributed by atoms with Crippen molar-refractivity contribution in [3.05, 3.63) is 12.2 Å². The van der Waals surface area contributed by atoms with Gasteiger partial charge in [-0.25, -0.2) is 15.0 Å². The highest BCUT2D eigenvalue weighted by atomic mass is 16.6. The molecule has 0 atom stereocenters. The van der Waals surface area contributed by atoms with Crippen molar-refractivity contribution in [2.45, 2.75) is 26.4 Å². The molecule has 0 aromatic heterocycles. The van der Waals surface area contributed by atoms with Crippen LogP contribution >= 0.6 is 0 Å². The van der Waals surface area contributed by atoms with Crippen LogP contribution in [0.15, 0.2) is 12.2 Å². The van der Waals surface area contributed by atoms with Crippen LogP contribution in [0.2, 0.25) is 0 Å². The van der Waals surface area contributed by atoms with Crippen molar-refractivity contribution in [2.24, 2.45) is 0 Å². The summed E-state index contributed by atoms with van der Waals surface area (Å²) in [6.07, 6.45) is -0.620. The van der Waals surface area contributed by atoms with Gasteiger partial charge in [0.25, 0.3) is 0 Å². The number of ether oxygens (including phenoxy) is 2. The lowest BCUT2D eigenvalue weighted by Gasteiger charge is -2.19. The van der Waals surface area contributed by atoms with Crippen molar-refractivity contribution in [3.8, 4) is 0 Å². The quantitative estimate of drug-likeness (QED) is 0.423. The average molecular weight is 230 g/mol. The number of amides is 1. The van der Waals surface area contributed by atoms with Crippen molar-refractivity contribution in [2.75, 3.05) is 13.7 Å². The van der Waals surface area contributed by atoms with Gasteiger partial charge in [0, 0.05) is 12.1 Å². The molecule has 1 amide bonds. The highest BCUT2D eigenvalue weighted by Crippen LogP contribution is 2.05. The molecule has 0 rings (SSSR count). The van der Waals surface area contributed by atoms with Crippen LogP contribution in [-0.4, -0.2) is 31.3 Å². The van der Waals surface area contributed by atoms with Gasteiger partial charge in [-0.2, -0.15) is 0 Å². The first-order valence-corrected chi connectivity index (χ1v) is 4.74. The summed E-state index contributed by atoms with van der Waals surface area (Å²) in [6, 6.07) is 0. The maximum Gasteiger partial charge on any atom is 0.422 e. The number of carbonyl (C=O) groups excluding carboxylic acids is 2. The molecule has 16 heavy (non-hydrogen) atoms. The minimum absolute atomic E-state index is 0.0892. The molecule has 0 saturated carbocycles. The second-order valence-corrected chi connectivity index (χ2v) is 4.08. The molecular formula is C10H18N2O4. The smallest absolute Gasteiger partial charge is 0.422 e. The van der Waals surface area contributed by atoms with Crippen molar-refractivity contribution in [1.82, 2.24) is 10.9 Å². The number of rotatable bonds is 4. The SMILES string of the molecule is C=C(CNNC(=O)OC(C)(C)C)C(=O)OC. The van der Waals surface area contributed by atoms with Gasteiger partial charge in [0.1, 0.15) is 5.60 Å². The first-order chi connectivity index (χ1) is 7.26. The topological polar surface area (TPSA) is 76.7 Å². The lowest BCUT2D eigenvalue weighted by atomic mass is 10.2. The Hall–Kier alpha value is -1.56. The third kappa shape index (κ3) is 6.83. The van der Waals surface area contributed by atoms with E-state index in [1.165, 1.54) is 7.11 Å². The number of carbonyl (C=O) groups is 2. The molecule has 6 heteroatoms. The number of methoxy groups -OCH3 is 1. The van der Waals surface area contributed by atoms with Crippen LogP contribution in [0.1, 0.15) is 20.8 Å². The van der Waals surface area contributed by atoms with Crippen LogP contribution in [0.25, 0.3) is 0 Å². The molecule has 0 aliphatic carbocycles.